The van der Waals surface area contributed by atoms with Gasteiger partial charge < -0.3 is 10.2 Å². The molecule has 0 radical (unpaired) electrons. The molecule has 9 atom stereocenters. The molecular formula is C27H44O3. The highest BCUT2D eigenvalue weighted by Crippen LogP contribution is 2.68. The Morgan fingerprint density at radius 3 is 2.37 bits per heavy atom. The zero-order valence-corrected chi connectivity index (χ0v) is 19.9. The molecule has 4 aliphatic rings. The molecule has 0 aromatic rings. The summed E-state index contributed by atoms with van der Waals surface area (Å²) in [4.78, 5) is 12.5. The van der Waals surface area contributed by atoms with Crippen molar-refractivity contribution in [1.82, 2.24) is 0 Å². The van der Waals surface area contributed by atoms with Crippen LogP contribution in [-0.2, 0) is 4.79 Å². The molecule has 4 rings (SSSR count). The van der Waals surface area contributed by atoms with Crippen molar-refractivity contribution in [3.8, 4) is 0 Å². The average molecular weight is 417 g/mol. The number of fused-ring (bicyclic) bond motifs is 5. The Labute approximate surface area is 183 Å². The minimum Gasteiger partial charge on any atom is -0.393 e. The van der Waals surface area contributed by atoms with Gasteiger partial charge in [-0.05, 0) is 125 Å². The van der Waals surface area contributed by atoms with E-state index in [2.05, 4.69) is 13.8 Å². The van der Waals surface area contributed by atoms with E-state index >= 15 is 0 Å². The second-order valence-corrected chi connectivity index (χ2v) is 12.5. The zero-order chi connectivity index (χ0) is 21.9. The van der Waals surface area contributed by atoms with Gasteiger partial charge in [-0.2, -0.15) is 0 Å². The van der Waals surface area contributed by atoms with Crippen LogP contribution >= 0.6 is 0 Å². The molecule has 4 aliphatic carbocycles. The lowest BCUT2D eigenvalue weighted by molar-refractivity contribution is -0.147. The Bertz CT molecular complexity index is 705. The Morgan fingerprint density at radius 2 is 1.67 bits per heavy atom. The van der Waals surface area contributed by atoms with Crippen LogP contribution < -0.4 is 0 Å². The summed E-state index contributed by atoms with van der Waals surface area (Å²) < 4.78 is 0. The summed E-state index contributed by atoms with van der Waals surface area (Å²) in [6, 6.07) is 0. The van der Waals surface area contributed by atoms with E-state index in [1.165, 1.54) is 38.5 Å². The maximum absolute atomic E-state index is 12.5. The summed E-state index contributed by atoms with van der Waals surface area (Å²) in [5.41, 5.74) is 0.626. The second-order valence-electron chi connectivity index (χ2n) is 12.5. The molecule has 0 amide bonds. The minimum absolute atomic E-state index is 0.0644. The van der Waals surface area contributed by atoms with Crippen LogP contribution in [0.2, 0.25) is 0 Å². The number of carbonyl (C=O) groups excluding carboxylic acids is 1. The lowest BCUT2D eigenvalue weighted by atomic mass is 9.44. The van der Waals surface area contributed by atoms with Crippen LogP contribution in [0.4, 0.5) is 0 Å². The maximum Gasteiger partial charge on any atom is 0.158 e. The van der Waals surface area contributed by atoms with Gasteiger partial charge in [0.2, 0.25) is 0 Å². The van der Waals surface area contributed by atoms with Crippen molar-refractivity contribution in [2.45, 2.75) is 111 Å². The molecule has 0 aromatic heterocycles. The summed E-state index contributed by atoms with van der Waals surface area (Å²) in [6.45, 7) is 10.8. The first-order valence-corrected chi connectivity index (χ1v) is 12.6. The fourth-order valence-corrected chi connectivity index (χ4v) is 9.11. The first kappa shape index (κ1) is 22.5. The molecule has 0 saturated heterocycles. The number of aliphatic hydroxyl groups is 2. The normalized spacial score (nSPS) is 47.4. The van der Waals surface area contributed by atoms with E-state index < -0.39 is 5.60 Å². The van der Waals surface area contributed by atoms with E-state index in [1.807, 2.05) is 20.8 Å². The van der Waals surface area contributed by atoms with Crippen LogP contribution in [0.5, 0.6) is 0 Å². The molecule has 2 N–H and O–H groups in total. The Morgan fingerprint density at radius 1 is 1.00 bits per heavy atom. The van der Waals surface area contributed by atoms with Gasteiger partial charge in [-0.3, -0.25) is 4.79 Å². The zero-order valence-electron chi connectivity index (χ0n) is 19.9. The van der Waals surface area contributed by atoms with Crippen LogP contribution in [0.3, 0.4) is 0 Å². The maximum atomic E-state index is 12.5. The molecular weight excluding hydrogens is 372 g/mol. The second kappa shape index (κ2) is 7.73. The van der Waals surface area contributed by atoms with Crippen molar-refractivity contribution in [1.29, 1.82) is 0 Å². The summed E-state index contributed by atoms with van der Waals surface area (Å²) in [7, 11) is 0. The summed E-state index contributed by atoms with van der Waals surface area (Å²) >= 11 is 0. The van der Waals surface area contributed by atoms with Gasteiger partial charge in [0.15, 0.2) is 5.78 Å². The van der Waals surface area contributed by atoms with Crippen LogP contribution in [0, 0.1) is 40.4 Å². The first-order chi connectivity index (χ1) is 14.0. The molecule has 3 nitrogen and oxygen atoms in total. The topological polar surface area (TPSA) is 57.5 Å². The largest absolute Gasteiger partial charge is 0.393 e. The molecule has 0 aromatic carbocycles. The predicted octanol–water partition coefficient (Wildman–Crippen LogP) is 5.68. The number of hydrogen-bond acceptors (Lipinski definition) is 3. The van der Waals surface area contributed by atoms with Crippen molar-refractivity contribution in [2.75, 3.05) is 0 Å². The van der Waals surface area contributed by atoms with E-state index in [9.17, 15) is 15.0 Å². The molecule has 0 unspecified atom stereocenters. The van der Waals surface area contributed by atoms with E-state index in [0.29, 0.717) is 17.3 Å². The van der Waals surface area contributed by atoms with Gasteiger partial charge in [-0.15, -0.1) is 0 Å². The summed E-state index contributed by atoms with van der Waals surface area (Å²) in [6.07, 6.45) is 12.3. The van der Waals surface area contributed by atoms with Gasteiger partial charge in [0.25, 0.3) is 0 Å². The van der Waals surface area contributed by atoms with Crippen LogP contribution in [-0.4, -0.2) is 27.7 Å². The van der Waals surface area contributed by atoms with E-state index in [0.717, 1.165) is 36.7 Å². The summed E-state index contributed by atoms with van der Waals surface area (Å²) in [5.74, 6) is 3.18. The van der Waals surface area contributed by atoms with Crippen molar-refractivity contribution in [3.05, 3.63) is 11.6 Å². The molecule has 0 bridgehead atoms. The predicted molar refractivity (Wildman–Crippen MR) is 121 cm³/mol. The van der Waals surface area contributed by atoms with E-state index in [1.54, 1.807) is 6.08 Å². The number of rotatable bonds is 4. The molecule has 30 heavy (non-hydrogen) atoms. The molecule has 0 spiro atoms. The Kier molecular flexibility index (Phi) is 5.80. The highest BCUT2D eigenvalue weighted by atomic mass is 16.3. The monoisotopic (exact) mass is 416 g/mol. The van der Waals surface area contributed by atoms with Crippen molar-refractivity contribution in [2.24, 2.45) is 40.4 Å². The average Bonchev–Trinajstić information content (AvgIpc) is 2.99. The number of allylic oxidation sites excluding steroid dienone is 2. The van der Waals surface area contributed by atoms with Crippen LogP contribution in [0.1, 0.15) is 98.8 Å². The molecule has 3 heteroatoms. The summed E-state index contributed by atoms with van der Waals surface area (Å²) in [5, 5.41) is 21.7. The number of aliphatic hydroxyl groups excluding tert-OH is 1. The third-order valence-electron chi connectivity index (χ3n) is 10.4. The number of ketones is 1. The number of hydrogen-bond donors (Lipinski definition) is 2. The van der Waals surface area contributed by atoms with Crippen LogP contribution in [0.15, 0.2) is 11.6 Å². The highest BCUT2D eigenvalue weighted by Gasteiger charge is 2.62. The van der Waals surface area contributed by atoms with Crippen molar-refractivity contribution >= 4 is 5.78 Å². The standard InChI is InChI=1S/C27H44O3/c1-17(2)14-20(29)16-27(5,30)24-9-8-22-21-7-6-18-15-19(28)10-12-25(18,3)23(21)11-13-26(22,24)4/h14,18-19,21-24,28,30H,6-13,15-16H2,1-5H3/t18-,19-,21-,22-,23-,24-,25-,26-,27-/m0/s1. The SMILES string of the molecule is CC(C)=CC(=O)C[C@](C)(O)[C@H]1CC[C@H]2[C@@H]3CC[C@H]4C[C@@H](O)CC[C@]4(C)[C@H]3CC[C@@]21C. The molecule has 0 aliphatic heterocycles. The van der Waals surface area contributed by atoms with E-state index in [-0.39, 0.29) is 29.6 Å². The van der Waals surface area contributed by atoms with Gasteiger partial charge >= 0.3 is 0 Å². The van der Waals surface area contributed by atoms with Gasteiger partial charge in [0, 0.05) is 6.42 Å². The lowest BCUT2D eigenvalue weighted by Crippen LogP contribution is -2.55. The first-order valence-electron chi connectivity index (χ1n) is 12.6. The van der Waals surface area contributed by atoms with Crippen molar-refractivity contribution < 1.29 is 15.0 Å². The quantitative estimate of drug-likeness (QED) is 0.579. The molecule has 4 fully saturated rings. The fraction of sp³-hybridized carbons (Fsp3) is 0.889. The van der Waals surface area contributed by atoms with Gasteiger partial charge in [-0.25, -0.2) is 0 Å². The molecule has 0 heterocycles. The fourth-order valence-electron chi connectivity index (χ4n) is 9.11. The highest BCUT2D eigenvalue weighted by molar-refractivity contribution is 5.90. The van der Waals surface area contributed by atoms with Gasteiger partial charge in [0.1, 0.15) is 0 Å². The minimum atomic E-state index is -0.921. The molecule has 170 valence electrons. The Balaban J connectivity index is 1.54. The van der Waals surface area contributed by atoms with E-state index in [4.69, 9.17) is 0 Å². The van der Waals surface area contributed by atoms with Gasteiger partial charge in [0.05, 0.1) is 11.7 Å². The third kappa shape index (κ3) is 3.62. The smallest absolute Gasteiger partial charge is 0.158 e. The Hall–Kier alpha value is -0.670. The van der Waals surface area contributed by atoms with Gasteiger partial charge in [-0.1, -0.05) is 19.4 Å². The molecule has 4 saturated carbocycles. The number of carbonyl (C=O) groups is 1. The lowest BCUT2D eigenvalue weighted by Gasteiger charge is -2.61. The third-order valence-corrected chi connectivity index (χ3v) is 10.4. The van der Waals surface area contributed by atoms with Crippen molar-refractivity contribution in [3.63, 3.8) is 0 Å². The van der Waals surface area contributed by atoms with Crippen LogP contribution in [0.25, 0.3) is 0 Å².